The van der Waals surface area contributed by atoms with Crippen molar-refractivity contribution in [2.24, 2.45) is 0 Å². The van der Waals surface area contributed by atoms with Crippen LogP contribution in [0.15, 0.2) is 18.3 Å². The van der Waals surface area contributed by atoms with Crippen LogP contribution >= 0.6 is 0 Å². The van der Waals surface area contributed by atoms with Crippen LogP contribution in [0, 0.1) is 0 Å². The van der Waals surface area contributed by atoms with E-state index in [1.54, 1.807) is 13.3 Å². The van der Waals surface area contributed by atoms with E-state index < -0.39 is 0 Å². The molecule has 2 rings (SSSR count). The van der Waals surface area contributed by atoms with E-state index in [1.165, 1.54) is 5.56 Å². The molecule has 0 saturated carbocycles. The van der Waals surface area contributed by atoms with Gasteiger partial charge < -0.3 is 10.1 Å². The second-order valence-corrected chi connectivity index (χ2v) is 4.27. The van der Waals surface area contributed by atoms with Crippen molar-refractivity contribution in [2.75, 3.05) is 26.8 Å². The van der Waals surface area contributed by atoms with E-state index in [0.717, 1.165) is 18.5 Å². The number of nitrogens with zero attached hydrogens (tertiary/aromatic N) is 1. The molecule has 0 aromatic carbocycles. The molecule has 17 heavy (non-hydrogen) atoms. The zero-order valence-corrected chi connectivity index (χ0v) is 10.1. The fraction of sp³-hybridized carbons (Fsp3) is 0.538. The van der Waals surface area contributed by atoms with Crippen LogP contribution in [-0.2, 0) is 16.0 Å². The highest BCUT2D eigenvalue weighted by Gasteiger charge is 2.28. The van der Waals surface area contributed by atoms with Gasteiger partial charge in [0.1, 0.15) is 0 Å². The number of carbonyl (C=O) groups excluding carboxylic acids is 1. The number of hydrogen-bond donors (Lipinski definition) is 1. The first-order valence-electron chi connectivity index (χ1n) is 5.99. The summed E-state index contributed by atoms with van der Waals surface area (Å²) >= 11 is 0. The van der Waals surface area contributed by atoms with Crippen LogP contribution in [0.3, 0.4) is 0 Å². The van der Waals surface area contributed by atoms with Crippen molar-refractivity contribution in [2.45, 2.75) is 18.8 Å². The summed E-state index contributed by atoms with van der Waals surface area (Å²) in [6, 6.07) is 4.00. The molecule has 0 saturated heterocycles. The van der Waals surface area contributed by atoms with Crippen molar-refractivity contribution in [3.05, 3.63) is 29.6 Å². The molecule has 1 unspecified atom stereocenters. The van der Waals surface area contributed by atoms with Gasteiger partial charge in [-0.15, -0.1) is 0 Å². The zero-order chi connectivity index (χ0) is 12.1. The van der Waals surface area contributed by atoms with Crippen LogP contribution < -0.4 is 5.32 Å². The van der Waals surface area contributed by atoms with Gasteiger partial charge in [0.25, 0.3) is 0 Å². The average Bonchev–Trinajstić information content (AvgIpc) is 2.78. The molecule has 0 radical (unpaired) electrons. The Bertz CT molecular complexity index is 393. The zero-order valence-electron chi connectivity index (χ0n) is 10.1. The molecule has 1 aliphatic rings. The van der Waals surface area contributed by atoms with Gasteiger partial charge in [0.15, 0.2) is 5.78 Å². The van der Waals surface area contributed by atoms with Gasteiger partial charge in [-0.2, -0.15) is 0 Å². The summed E-state index contributed by atoms with van der Waals surface area (Å²) in [5.41, 5.74) is 2.20. The number of nitrogens with one attached hydrogen (secondary N) is 1. The van der Waals surface area contributed by atoms with Crippen molar-refractivity contribution in [1.29, 1.82) is 0 Å². The van der Waals surface area contributed by atoms with E-state index in [4.69, 9.17) is 4.74 Å². The lowest BCUT2D eigenvalue weighted by molar-refractivity contribution is -0.119. The van der Waals surface area contributed by atoms with Crippen LogP contribution in [0.5, 0.6) is 0 Å². The first-order valence-corrected chi connectivity index (χ1v) is 5.99. The van der Waals surface area contributed by atoms with Crippen molar-refractivity contribution in [3.63, 3.8) is 0 Å². The highest BCUT2D eigenvalue weighted by atomic mass is 16.5. The summed E-state index contributed by atoms with van der Waals surface area (Å²) in [5.74, 6) is 0.222. The second-order valence-electron chi connectivity index (χ2n) is 4.27. The molecule has 1 N–H and O–H groups in total. The number of hydrogen-bond acceptors (Lipinski definition) is 4. The largest absolute Gasteiger partial charge is 0.383 e. The average molecular weight is 234 g/mol. The van der Waals surface area contributed by atoms with E-state index in [-0.39, 0.29) is 11.7 Å². The van der Waals surface area contributed by atoms with Gasteiger partial charge in [0.05, 0.1) is 24.8 Å². The summed E-state index contributed by atoms with van der Waals surface area (Å²) in [6.45, 7) is 1.75. The molecule has 1 aromatic heterocycles. The van der Waals surface area contributed by atoms with E-state index in [9.17, 15) is 4.79 Å². The molecule has 1 aromatic rings. The third-order valence-electron chi connectivity index (χ3n) is 3.13. The molecular formula is C13H18N2O2. The minimum Gasteiger partial charge on any atom is -0.383 e. The topological polar surface area (TPSA) is 51.2 Å². The Balaban J connectivity index is 1.89. The Morgan fingerprint density at radius 3 is 3.35 bits per heavy atom. The van der Waals surface area contributed by atoms with Crippen LogP contribution in [0.25, 0.3) is 0 Å². The molecule has 1 aliphatic carbocycles. The molecule has 4 heteroatoms. The van der Waals surface area contributed by atoms with Gasteiger partial charge in [-0.05, 0) is 24.5 Å². The summed E-state index contributed by atoms with van der Waals surface area (Å²) < 4.78 is 4.92. The summed E-state index contributed by atoms with van der Waals surface area (Å²) in [5, 5.41) is 3.09. The van der Waals surface area contributed by atoms with E-state index in [0.29, 0.717) is 19.7 Å². The Kier molecular flexibility index (Phi) is 4.23. The highest BCUT2D eigenvalue weighted by molar-refractivity contribution is 5.88. The number of ether oxygens (including phenoxy) is 1. The maximum atomic E-state index is 12.0. The number of methoxy groups -OCH3 is 1. The van der Waals surface area contributed by atoms with Crippen LogP contribution in [-0.4, -0.2) is 37.6 Å². The quantitative estimate of drug-likeness (QED) is 0.744. The number of rotatable bonds is 6. The van der Waals surface area contributed by atoms with Crippen LogP contribution in [0.1, 0.15) is 23.6 Å². The van der Waals surface area contributed by atoms with Gasteiger partial charge in [-0.1, -0.05) is 6.07 Å². The number of ketones is 1. The predicted octanol–water partition coefficient (Wildman–Crippen LogP) is 0.916. The Morgan fingerprint density at radius 2 is 2.53 bits per heavy atom. The van der Waals surface area contributed by atoms with E-state index in [2.05, 4.69) is 16.4 Å². The first-order chi connectivity index (χ1) is 8.33. The van der Waals surface area contributed by atoms with E-state index in [1.807, 2.05) is 6.07 Å². The van der Waals surface area contributed by atoms with Crippen molar-refractivity contribution >= 4 is 5.78 Å². The number of aryl methyl sites for hydroxylation is 1. The number of fused-ring (bicyclic) bond motifs is 1. The molecular weight excluding hydrogens is 216 g/mol. The van der Waals surface area contributed by atoms with E-state index >= 15 is 0 Å². The number of aromatic nitrogens is 1. The number of Topliss-reactive ketones (excluding diaryl/α,β-unsaturated/α-hetero) is 1. The summed E-state index contributed by atoms with van der Waals surface area (Å²) in [4.78, 5) is 16.4. The Morgan fingerprint density at radius 1 is 1.65 bits per heavy atom. The second kappa shape index (κ2) is 5.89. The van der Waals surface area contributed by atoms with Crippen molar-refractivity contribution in [1.82, 2.24) is 10.3 Å². The third kappa shape index (κ3) is 2.90. The van der Waals surface area contributed by atoms with Crippen molar-refractivity contribution in [3.8, 4) is 0 Å². The minimum atomic E-state index is -0.0127. The lowest BCUT2D eigenvalue weighted by Gasteiger charge is -2.10. The third-order valence-corrected chi connectivity index (χ3v) is 3.13. The summed E-state index contributed by atoms with van der Waals surface area (Å²) in [6.07, 6.45) is 3.64. The molecule has 1 heterocycles. The molecule has 92 valence electrons. The lowest BCUT2D eigenvalue weighted by Crippen LogP contribution is -2.29. The lowest BCUT2D eigenvalue weighted by atomic mass is 10.0. The van der Waals surface area contributed by atoms with Gasteiger partial charge in [-0.25, -0.2) is 0 Å². The van der Waals surface area contributed by atoms with Gasteiger partial charge in [0.2, 0.25) is 0 Å². The van der Waals surface area contributed by atoms with Gasteiger partial charge in [0, 0.05) is 19.9 Å². The molecule has 1 atom stereocenters. The molecule has 4 nitrogen and oxygen atoms in total. The standard InChI is InChI=1S/C13H18N2O2/c1-17-8-7-14-9-12(16)11-5-4-10-3-2-6-15-13(10)11/h2-3,6,11,14H,4-5,7-9H2,1H3. The minimum absolute atomic E-state index is 0.0127. The van der Waals surface area contributed by atoms with Gasteiger partial charge in [-0.3, -0.25) is 9.78 Å². The number of pyridine rings is 1. The fourth-order valence-corrected chi connectivity index (χ4v) is 2.24. The Labute approximate surface area is 101 Å². The SMILES string of the molecule is COCCNCC(=O)C1CCc2cccnc21. The normalized spacial score (nSPS) is 18.1. The fourth-order valence-electron chi connectivity index (χ4n) is 2.24. The number of carbonyl (C=O) groups is 1. The monoisotopic (exact) mass is 234 g/mol. The maximum absolute atomic E-state index is 12.0. The maximum Gasteiger partial charge on any atom is 0.155 e. The first kappa shape index (κ1) is 12.2. The molecule has 0 bridgehead atoms. The molecule has 0 amide bonds. The molecule has 0 spiro atoms. The van der Waals surface area contributed by atoms with Crippen molar-refractivity contribution < 1.29 is 9.53 Å². The smallest absolute Gasteiger partial charge is 0.155 e. The van der Waals surface area contributed by atoms with Gasteiger partial charge >= 0.3 is 0 Å². The highest BCUT2D eigenvalue weighted by Crippen LogP contribution is 2.31. The Hall–Kier alpha value is -1.26. The molecule has 0 aliphatic heterocycles. The predicted molar refractivity (Wildman–Crippen MR) is 65.1 cm³/mol. The molecule has 0 fully saturated rings. The van der Waals surface area contributed by atoms with Crippen LogP contribution in [0.2, 0.25) is 0 Å². The van der Waals surface area contributed by atoms with Crippen LogP contribution in [0.4, 0.5) is 0 Å². The summed E-state index contributed by atoms with van der Waals surface area (Å²) in [7, 11) is 1.65.